The van der Waals surface area contributed by atoms with Crippen molar-refractivity contribution >= 4 is 0 Å². The standard InChI is InChI=1S/C10H22N2O/c1-11-10-5-4-7-12(9-10)6-2-3-8-13/h10-11,13H,2-9H2,1H3. The van der Waals surface area contributed by atoms with Crippen molar-refractivity contribution < 1.29 is 5.11 Å². The van der Waals surface area contributed by atoms with Gasteiger partial charge in [0.05, 0.1) is 0 Å². The fourth-order valence-electron chi connectivity index (χ4n) is 1.94. The van der Waals surface area contributed by atoms with Crippen LogP contribution in [0.25, 0.3) is 0 Å². The zero-order valence-electron chi connectivity index (χ0n) is 8.63. The Bertz CT molecular complexity index is 130. The molecule has 1 unspecified atom stereocenters. The monoisotopic (exact) mass is 186 g/mol. The van der Waals surface area contributed by atoms with E-state index in [9.17, 15) is 0 Å². The number of aliphatic hydroxyl groups excluding tert-OH is 1. The van der Waals surface area contributed by atoms with Crippen molar-refractivity contribution in [3.05, 3.63) is 0 Å². The van der Waals surface area contributed by atoms with E-state index in [0.29, 0.717) is 12.6 Å². The molecule has 0 spiro atoms. The Hall–Kier alpha value is -0.120. The van der Waals surface area contributed by atoms with Crippen molar-refractivity contribution in [3.63, 3.8) is 0 Å². The molecule has 1 aliphatic rings. The van der Waals surface area contributed by atoms with E-state index in [1.54, 1.807) is 0 Å². The number of aliphatic hydroxyl groups is 1. The lowest BCUT2D eigenvalue weighted by Crippen LogP contribution is -2.44. The average molecular weight is 186 g/mol. The fraction of sp³-hybridized carbons (Fsp3) is 1.00. The minimum atomic E-state index is 0.337. The Kier molecular flexibility index (Phi) is 5.35. The van der Waals surface area contributed by atoms with E-state index in [1.165, 1.54) is 25.9 Å². The molecule has 1 rings (SSSR count). The van der Waals surface area contributed by atoms with Crippen molar-refractivity contribution in [2.24, 2.45) is 0 Å². The van der Waals surface area contributed by atoms with Crippen LogP contribution in [-0.4, -0.2) is 49.3 Å². The fourth-order valence-corrected chi connectivity index (χ4v) is 1.94. The number of likely N-dealkylation sites (N-methyl/N-ethyl adjacent to an activating group) is 1. The second kappa shape index (κ2) is 6.35. The first-order valence-electron chi connectivity index (χ1n) is 5.37. The van der Waals surface area contributed by atoms with Gasteiger partial charge in [-0.2, -0.15) is 0 Å². The van der Waals surface area contributed by atoms with Gasteiger partial charge >= 0.3 is 0 Å². The van der Waals surface area contributed by atoms with Crippen molar-refractivity contribution in [1.29, 1.82) is 0 Å². The van der Waals surface area contributed by atoms with Crippen LogP contribution in [-0.2, 0) is 0 Å². The highest BCUT2D eigenvalue weighted by atomic mass is 16.2. The molecular weight excluding hydrogens is 164 g/mol. The lowest BCUT2D eigenvalue weighted by molar-refractivity contribution is 0.185. The van der Waals surface area contributed by atoms with E-state index in [0.717, 1.165) is 19.4 Å². The summed E-state index contributed by atoms with van der Waals surface area (Å²) in [6, 6.07) is 0.683. The molecule has 1 fully saturated rings. The molecule has 0 amide bonds. The highest BCUT2D eigenvalue weighted by molar-refractivity contribution is 4.76. The topological polar surface area (TPSA) is 35.5 Å². The molecule has 3 heteroatoms. The summed E-state index contributed by atoms with van der Waals surface area (Å²) in [6.07, 6.45) is 4.70. The third-order valence-electron chi connectivity index (χ3n) is 2.80. The Labute approximate surface area is 81.1 Å². The van der Waals surface area contributed by atoms with Crippen LogP contribution in [0.4, 0.5) is 0 Å². The smallest absolute Gasteiger partial charge is 0.0431 e. The van der Waals surface area contributed by atoms with Crippen molar-refractivity contribution in [2.45, 2.75) is 31.7 Å². The minimum Gasteiger partial charge on any atom is -0.396 e. The molecular formula is C10H22N2O. The maximum absolute atomic E-state index is 8.66. The van der Waals surface area contributed by atoms with Crippen LogP contribution >= 0.6 is 0 Å². The second-order valence-electron chi connectivity index (χ2n) is 3.86. The number of likely N-dealkylation sites (tertiary alicyclic amines) is 1. The normalized spacial score (nSPS) is 24.9. The molecule has 1 aliphatic heterocycles. The lowest BCUT2D eigenvalue weighted by atomic mass is 10.1. The van der Waals surface area contributed by atoms with Gasteiger partial charge in [-0.15, -0.1) is 0 Å². The van der Waals surface area contributed by atoms with Crippen LogP contribution in [0.2, 0.25) is 0 Å². The molecule has 0 aliphatic carbocycles. The van der Waals surface area contributed by atoms with Crippen molar-refractivity contribution in [1.82, 2.24) is 10.2 Å². The van der Waals surface area contributed by atoms with Crippen molar-refractivity contribution in [2.75, 3.05) is 33.3 Å². The summed E-state index contributed by atoms with van der Waals surface area (Å²) in [4.78, 5) is 2.50. The van der Waals surface area contributed by atoms with Crippen LogP contribution in [0.5, 0.6) is 0 Å². The summed E-state index contributed by atoms with van der Waals surface area (Å²) in [5, 5.41) is 12.0. The number of piperidine rings is 1. The van der Waals surface area contributed by atoms with Crippen LogP contribution < -0.4 is 5.32 Å². The summed E-state index contributed by atoms with van der Waals surface area (Å²) in [7, 11) is 2.04. The molecule has 1 atom stereocenters. The van der Waals surface area contributed by atoms with Gasteiger partial charge in [0.15, 0.2) is 0 Å². The first-order chi connectivity index (χ1) is 6.36. The largest absolute Gasteiger partial charge is 0.396 e. The molecule has 1 saturated heterocycles. The molecule has 0 radical (unpaired) electrons. The van der Waals surface area contributed by atoms with E-state index in [2.05, 4.69) is 10.2 Å². The van der Waals surface area contributed by atoms with E-state index in [4.69, 9.17) is 5.11 Å². The maximum atomic E-state index is 8.66. The summed E-state index contributed by atoms with van der Waals surface area (Å²) >= 11 is 0. The number of rotatable bonds is 5. The van der Waals surface area contributed by atoms with Crippen LogP contribution in [0.15, 0.2) is 0 Å². The predicted octanol–water partition coefficient (Wildman–Crippen LogP) is 0.443. The Morgan fingerprint density at radius 2 is 2.31 bits per heavy atom. The second-order valence-corrected chi connectivity index (χ2v) is 3.86. The molecule has 3 nitrogen and oxygen atoms in total. The summed E-state index contributed by atoms with van der Waals surface area (Å²) in [5.41, 5.74) is 0. The van der Waals surface area contributed by atoms with Gasteiger partial charge in [0.1, 0.15) is 0 Å². The molecule has 0 aromatic rings. The van der Waals surface area contributed by atoms with Gasteiger partial charge in [0.2, 0.25) is 0 Å². The first-order valence-corrected chi connectivity index (χ1v) is 5.37. The molecule has 0 bridgehead atoms. The summed E-state index contributed by atoms with van der Waals surface area (Å²) in [5.74, 6) is 0. The number of unbranched alkanes of at least 4 members (excludes halogenated alkanes) is 1. The van der Waals surface area contributed by atoms with E-state index in [1.807, 2.05) is 7.05 Å². The highest BCUT2D eigenvalue weighted by Gasteiger charge is 2.17. The quantitative estimate of drug-likeness (QED) is 0.612. The van der Waals surface area contributed by atoms with Crippen molar-refractivity contribution in [3.8, 4) is 0 Å². The predicted molar refractivity (Wildman–Crippen MR) is 54.8 cm³/mol. The third-order valence-corrected chi connectivity index (χ3v) is 2.80. The van der Waals surface area contributed by atoms with Gasteiger partial charge in [-0.05, 0) is 45.8 Å². The molecule has 0 aromatic carbocycles. The van der Waals surface area contributed by atoms with Gasteiger partial charge < -0.3 is 15.3 Å². The SMILES string of the molecule is CNC1CCCN(CCCCO)C1. The lowest BCUT2D eigenvalue weighted by Gasteiger charge is -2.32. The average Bonchev–Trinajstić information content (AvgIpc) is 2.19. The zero-order chi connectivity index (χ0) is 9.52. The molecule has 0 aromatic heterocycles. The van der Waals surface area contributed by atoms with Gasteiger partial charge in [-0.1, -0.05) is 0 Å². The Balaban J connectivity index is 2.11. The zero-order valence-corrected chi connectivity index (χ0v) is 8.63. The first kappa shape index (κ1) is 11.0. The molecule has 0 saturated carbocycles. The molecule has 78 valence electrons. The molecule has 2 N–H and O–H groups in total. The third kappa shape index (κ3) is 4.07. The maximum Gasteiger partial charge on any atom is 0.0431 e. The highest BCUT2D eigenvalue weighted by Crippen LogP contribution is 2.10. The van der Waals surface area contributed by atoms with Crippen LogP contribution in [0.1, 0.15) is 25.7 Å². The molecule has 1 heterocycles. The number of hydrogen-bond donors (Lipinski definition) is 2. The van der Waals surface area contributed by atoms with E-state index in [-0.39, 0.29) is 0 Å². The summed E-state index contributed by atoms with van der Waals surface area (Å²) in [6.45, 7) is 3.91. The van der Waals surface area contributed by atoms with Gasteiger partial charge in [-0.3, -0.25) is 0 Å². The Morgan fingerprint density at radius 3 is 3.00 bits per heavy atom. The number of nitrogens with zero attached hydrogens (tertiary/aromatic N) is 1. The van der Waals surface area contributed by atoms with E-state index < -0.39 is 0 Å². The minimum absolute atomic E-state index is 0.337. The Morgan fingerprint density at radius 1 is 1.46 bits per heavy atom. The van der Waals surface area contributed by atoms with E-state index >= 15 is 0 Å². The number of nitrogens with one attached hydrogen (secondary N) is 1. The van der Waals surface area contributed by atoms with Gasteiger partial charge in [0, 0.05) is 19.2 Å². The van der Waals surface area contributed by atoms with Gasteiger partial charge in [0.25, 0.3) is 0 Å². The number of hydrogen-bond acceptors (Lipinski definition) is 3. The summed E-state index contributed by atoms with van der Waals surface area (Å²) < 4.78 is 0. The van der Waals surface area contributed by atoms with Crippen LogP contribution in [0.3, 0.4) is 0 Å². The molecule has 13 heavy (non-hydrogen) atoms. The van der Waals surface area contributed by atoms with Gasteiger partial charge in [-0.25, -0.2) is 0 Å². The van der Waals surface area contributed by atoms with Crippen LogP contribution in [0, 0.1) is 0 Å².